The fourth-order valence-corrected chi connectivity index (χ4v) is 2.70. The number of hydrogen-bond donors (Lipinski definition) is 2. The number of nitrogens with one attached hydrogen (secondary N) is 1. The van der Waals surface area contributed by atoms with E-state index in [0.29, 0.717) is 6.54 Å². The van der Waals surface area contributed by atoms with E-state index >= 15 is 0 Å². The molecule has 0 saturated carbocycles. The summed E-state index contributed by atoms with van der Waals surface area (Å²) in [5, 5.41) is 23.7. The van der Waals surface area contributed by atoms with Gasteiger partial charge in [-0.15, -0.1) is 0 Å². The number of nitro benzene ring substituents is 1. The van der Waals surface area contributed by atoms with E-state index in [4.69, 9.17) is 0 Å². The number of aromatic carboxylic acids is 1. The van der Waals surface area contributed by atoms with Gasteiger partial charge in [-0.25, -0.2) is 4.79 Å². The molecule has 3 rings (SSSR count). The number of rotatable bonds is 7. The highest BCUT2D eigenvalue weighted by molar-refractivity contribution is 6.14. The molecule has 0 bridgehead atoms. The highest BCUT2D eigenvalue weighted by atomic mass is 16.6. The zero-order valence-corrected chi connectivity index (χ0v) is 14.5. The molecule has 28 heavy (non-hydrogen) atoms. The molecule has 0 saturated heterocycles. The zero-order chi connectivity index (χ0) is 20.1. The molecule has 3 aromatic rings. The average molecular weight is 377 g/mol. The largest absolute Gasteiger partial charge is 0.478 e. The summed E-state index contributed by atoms with van der Waals surface area (Å²) in [4.78, 5) is 38.9. The first kappa shape index (κ1) is 18.7. The van der Waals surface area contributed by atoms with Crippen LogP contribution in [0.1, 0.15) is 31.8 Å². The van der Waals surface area contributed by atoms with E-state index in [-0.39, 0.29) is 28.1 Å². The third kappa shape index (κ3) is 4.01. The second kappa shape index (κ2) is 8.09. The first-order valence-electron chi connectivity index (χ1n) is 8.25. The molecular formula is C20H15N3O5. The van der Waals surface area contributed by atoms with E-state index in [1.165, 1.54) is 36.4 Å². The van der Waals surface area contributed by atoms with Crippen LogP contribution in [0.3, 0.4) is 0 Å². The van der Waals surface area contributed by atoms with Crippen molar-refractivity contribution in [3.8, 4) is 0 Å². The highest BCUT2D eigenvalue weighted by Gasteiger charge is 2.21. The molecule has 0 atom stereocenters. The molecule has 140 valence electrons. The molecule has 1 aromatic heterocycles. The van der Waals surface area contributed by atoms with Gasteiger partial charge >= 0.3 is 5.97 Å². The molecule has 0 unspecified atom stereocenters. The van der Waals surface area contributed by atoms with Gasteiger partial charge in [0.05, 0.1) is 10.5 Å². The molecule has 2 N–H and O–H groups in total. The maximum absolute atomic E-state index is 12.7. The van der Waals surface area contributed by atoms with Crippen LogP contribution in [-0.4, -0.2) is 26.8 Å². The maximum Gasteiger partial charge on any atom is 0.336 e. The van der Waals surface area contributed by atoms with Crippen LogP contribution in [0.15, 0.2) is 67.0 Å². The molecule has 0 aliphatic carbocycles. The van der Waals surface area contributed by atoms with Crippen molar-refractivity contribution >= 4 is 23.1 Å². The molecule has 0 fully saturated rings. The Morgan fingerprint density at radius 2 is 1.82 bits per heavy atom. The van der Waals surface area contributed by atoms with Gasteiger partial charge < -0.3 is 10.4 Å². The van der Waals surface area contributed by atoms with E-state index in [1.807, 2.05) is 6.07 Å². The van der Waals surface area contributed by atoms with Gasteiger partial charge in [0.2, 0.25) is 0 Å². The van der Waals surface area contributed by atoms with Gasteiger partial charge in [-0.1, -0.05) is 24.3 Å². The fraction of sp³-hybridized carbons (Fsp3) is 0.0500. The molecule has 2 aromatic carbocycles. The zero-order valence-electron chi connectivity index (χ0n) is 14.5. The Bertz CT molecular complexity index is 1050. The number of pyridine rings is 1. The number of carboxylic acids is 1. The molecule has 0 aliphatic rings. The smallest absolute Gasteiger partial charge is 0.336 e. The Morgan fingerprint density at radius 3 is 2.46 bits per heavy atom. The van der Waals surface area contributed by atoms with E-state index in [0.717, 1.165) is 11.6 Å². The lowest BCUT2D eigenvalue weighted by atomic mass is 9.97. The lowest BCUT2D eigenvalue weighted by Crippen LogP contribution is -2.10. The van der Waals surface area contributed by atoms with Crippen LogP contribution in [0, 0.1) is 10.1 Å². The van der Waals surface area contributed by atoms with Gasteiger partial charge in [0.15, 0.2) is 5.78 Å². The predicted molar refractivity (Wildman–Crippen MR) is 101 cm³/mol. The summed E-state index contributed by atoms with van der Waals surface area (Å²) in [5.74, 6) is -1.84. The second-order valence-electron chi connectivity index (χ2n) is 5.88. The Labute approximate surface area is 159 Å². The third-order valence-electron chi connectivity index (χ3n) is 4.06. The van der Waals surface area contributed by atoms with E-state index < -0.39 is 16.7 Å². The molecular weight excluding hydrogens is 362 g/mol. The summed E-state index contributed by atoms with van der Waals surface area (Å²) in [5.41, 5.74) is 0.661. The van der Waals surface area contributed by atoms with E-state index in [2.05, 4.69) is 10.3 Å². The number of carbonyl (C=O) groups excluding carboxylic acids is 1. The van der Waals surface area contributed by atoms with Gasteiger partial charge in [-0.2, -0.15) is 0 Å². The van der Waals surface area contributed by atoms with Crippen molar-refractivity contribution in [3.63, 3.8) is 0 Å². The summed E-state index contributed by atoms with van der Waals surface area (Å²) < 4.78 is 0. The highest BCUT2D eigenvalue weighted by Crippen LogP contribution is 2.27. The molecule has 8 nitrogen and oxygen atoms in total. The van der Waals surface area contributed by atoms with Gasteiger partial charge in [-0.05, 0) is 29.8 Å². The maximum atomic E-state index is 12.7. The predicted octanol–water partition coefficient (Wildman–Crippen LogP) is 3.53. The van der Waals surface area contributed by atoms with Crippen LogP contribution in [0.2, 0.25) is 0 Å². The van der Waals surface area contributed by atoms with Crippen molar-refractivity contribution in [2.45, 2.75) is 6.54 Å². The topological polar surface area (TPSA) is 122 Å². The van der Waals surface area contributed by atoms with Crippen LogP contribution >= 0.6 is 0 Å². The third-order valence-corrected chi connectivity index (χ3v) is 4.06. The van der Waals surface area contributed by atoms with E-state index in [9.17, 15) is 24.8 Å². The lowest BCUT2D eigenvalue weighted by molar-refractivity contribution is -0.384. The Morgan fingerprint density at radius 1 is 1.07 bits per heavy atom. The molecule has 0 amide bonds. The van der Waals surface area contributed by atoms with Crippen molar-refractivity contribution in [1.29, 1.82) is 0 Å². The molecule has 0 aliphatic heterocycles. The lowest BCUT2D eigenvalue weighted by Gasteiger charge is -2.09. The Balaban J connectivity index is 1.92. The summed E-state index contributed by atoms with van der Waals surface area (Å²) in [7, 11) is 0. The van der Waals surface area contributed by atoms with E-state index in [1.54, 1.807) is 18.5 Å². The van der Waals surface area contributed by atoms with Crippen LogP contribution < -0.4 is 5.32 Å². The van der Waals surface area contributed by atoms with Gasteiger partial charge in [0.25, 0.3) is 5.69 Å². The van der Waals surface area contributed by atoms with Crippen LogP contribution in [0.25, 0.3) is 0 Å². The second-order valence-corrected chi connectivity index (χ2v) is 5.88. The number of benzene rings is 2. The molecule has 0 radical (unpaired) electrons. The summed E-state index contributed by atoms with van der Waals surface area (Å²) >= 11 is 0. The fourth-order valence-electron chi connectivity index (χ4n) is 2.70. The van der Waals surface area contributed by atoms with Crippen LogP contribution in [-0.2, 0) is 6.54 Å². The number of hydrogen-bond acceptors (Lipinski definition) is 6. The number of carbonyl (C=O) groups is 2. The number of nitro groups is 1. The molecule has 1 heterocycles. The van der Waals surface area contributed by atoms with Crippen molar-refractivity contribution in [3.05, 3.63) is 99.4 Å². The quantitative estimate of drug-likeness (QED) is 0.367. The van der Waals surface area contributed by atoms with Crippen molar-refractivity contribution in [2.24, 2.45) is 0 Å². The van der Waals surface area contributed by atoms with Gasteiger partial charge in [0.1, 0.15) is 5.69 Å². The summed E-state index contributed by atoms with van der Waals surface area (Å²) in [6.45, 7) is 0.323. The number of ketones is 1. The van der Waals surface area contributed by atoms with Gasteiger partial charge in [-0.3, -0.25) is 19.9 Å². The monoisotopic (exact) mass is 377 g/mol. The Kier molecular flexibility index (Phi) is 5.40. The summed E-state index contributed by atoms with van der Waals surface area (Å²) in [6.07, 6.45) is 3.26. The summed E-state index contributed by atoms with van der Waals surface area (Å²) in [6, 6.07) is 13.3. The molecule has 0 spiro atoms. The number of anilines is 1. The minimum atomic E-state index is -1.24. The standard InChI is InChI=1S/C20H15N3O5/c24-19(15-5-1-2-6-16(15)20(25)26)14-7-8-17(18(10-14)23(27)28)22-12-13-4-3-9-21-11-13/h1-11,22H,12H2,(H,25,26). The number of carboxylic acid groups (broad SMARTS) is 1. The number of aromatic nitrogens is 1. The van der Waals surface area contributed by atoms with Crippen LogP contribution in [0.4, 0.5) is 11.4 Å². The SMILES string of the molecule is O=C(O)c1ccccc1C(=O)c1ccc(NCc2cccnc2)c([N+](=O)[O-])c1. The van der Waals surface area contributed by atoms with Crippen LogP contribution in [0.5, 0.6) is 0 Å². The Hall–Kier alpha value is -4.07. The minimum absolute atomic E-state index is 0.0274. The normalized spacial score (nSPS) is 10.3. The van der Waals surface area contributed by atoms with Crippen molar-refractivity contribution < 1.29 is 19.6 Å². The first-order valence-corrected chi connectivity index (χ1v) is 8.25. The van der Waals surface area contributed by atoms with Crippen molar-refractivity contribution in [1.82, 2.24) is 4.98 Å². The first-order chi connectivity index (χ1) is 13.5. The average Bonchev–Trinajstić information content (AvgIpc) is 2.72. The number of nitrogens with zero attached hydrogens (tertiary/aromatic N) is 2. The van der Waals surface area contributed by atoms with Crippen molar-refractivity contribution in [2.75, 3.05) is 5.32 Å². The van der Waals surface area contributed by atoms with Gasteiger partial charge in [0, 0.05) is 36.1 Å². The molecule has 8 heteroatoms. The minimum Gasteiger partial charge on any atom is -0.478 e.